The third-order valence-electron chi connectivity index (χ3n) is 3.95. The Labute approximate surface area is 123 Å². The van der Waals surface area contributed by atoms with E-state index in [-0.39, 0.29) is 5.69 Å². The summed E-state index contributed by atoms with van der Waals surface area (Å²) in [6.45, 7) is 5.31. The van der Waals surface area contributed by atoms with E-state index < -0.39 is 0 Å². The number of fused-ring (bicyclic) bond motifs is 1. The highest BCUT2D eigenvalue weighted by molar-refractivity contribution is 5.76. The van der Waals surface area contributed by atoms with Gasteiger partial charge in [-0.3, -0.25) is 13.8 Å². The number of benzene rings is 1. The minimum Gasteiger partial charge on any atom is -0.292 e. The third-order valence-corrected chi connectivity index (χ3v) is 3.95. The summed E-state index contributed by atoms with van der Waals surface area (Å²) < 4.78 is 5.51. The number of aryl methyl sites for hydroxylation is 3. The number of hydrogen-bond acceptors (Lipinski definition) is 2. The SMILES string of the molecule is CCc1cc(Cn2c(=O)n(CC)c3ccccc32)n(C)n1. The zero-order valence-electron chi connectivity index (χ0n) is 12.7. The van der Waals surface area contributed by atoms with Crippen LogP contribution in [0.5, 0.6) is 0 Å². The molecule has 0 fully saturated rings. The summed E-state index contributed by atoms with van der Waals surface area (Å²) in [7, 11) is 1.93. The van der Waals surface area contributed by atoms with Crippen LogP contribution in [0, 0.1) is 0 Å². The summed E-state index contributed by atoms with van der Waals surface area (Å²) in [4.78, 5) is 12.6. The normalized spacial score (nSPS) is 11.4. The van der Waals surface area contributed by atoms with Crippen LogP contribution in [0.3, 0.4) is 0 Å². The number of aromatic nitrogens is 4. The van der Waals surface area contributed by atoms with E-state index in [4.69, 9.17) is 0 Å². The summed E-state index contributed by atoms with van der Waals surface area (Å²) in [5.74, 6) is 0. The van der Waals surface area contributed by atoms with Gasteiger partial charge in [0.05, 0.1) is 29.0 Å². The summed E-state index contributed by atoms with van der Waals surface area (Å²) in [6.07, 6.45) is 0.902. The number of nitrogens with zero attached hydrogens (tertiary/aromatic N) is 4. The smallest absolute Gasteiger partial charge is 0.292 e. The second-order valence-corrected chi connectivity index (χ2v) is 5.21. The first-order valence-electron chi connectivity index (χ1n) is 7.35. The lowest BCUT2D eigenvalue weighted by Crippen LogP contribution is -2.24. The van der Waals surface area contributed by atoms with Gasteiger partial charge in [-0.1, -0.05) is 19.1 Å². The van der Waals surface area contributed by atoms with E-state index in [0.29, 0.717) is 13.1 Å². The fraction of sp³-hybridized carbons (Fsp3) is 0.375. The topological polar surface area (TPSA) is 44.8 Å². The fourth-order valence-corrected chi connectivity index (χ4v) is 2.79. The molecule has 2 aromatic heterocycles. The van der Waals surface area contributed by atoms with Crippen LogP contribution in [0.1, 0.15) is 25.2 Å². The molecule has 21 heavy (non-hydrogen) atoms. The Morgan fingerprint density at radius 3 is 2.33 bits per heavy atom. The van der Waals surface area contributed by atoms with Gasteiger partial charge in [-0.15, -0.1) is 0 Å². The molecule has 0 N–H and O–H groups in total. The standard InChI is InChI=1S/C16H20N4O/c1-4-12-10-13(18(3)17-12)11-20-15-9-7-6-8-14(15)19(5-2)16(20)21/h6-10H,4-5,11H2,1-3H3. The zero-order valence-corrected chi connectivity index (χ0v) is 12.7. The van der Waals surface area contributed by atoms with Crippen molar-refractivity contribution in [2.24, 2.45) is 7.05 Å². The minimum atomic E-state index is 0.0398. The van der Waals surface area contributed by atoms with Gasteiger partial charge in [-0.05, 0) is 31.5 Å². The van der Waals surface area contributed by atoms with Crippen molar-refractivity contribution < 1.29 is 0 Å². The monoisotopic (exact) mass is 284 g/mol. The average Bonchev–Trinajstić information content (AvgIpc) is 2.98. The van der Waals surface area contributed by atoms with Gasteiger partial charge in [0.1, 0.15) is 0 Å². The van der Waals surface area contributed by atoms with Crippen molar-refractivity contribution in [2.75, 3.05) is 0 Å². The lowest BCUT2D eigenvalue weighted by atomic mass is 10.3. The first kappa shape index (κ1) is 13.7. The van der Waals surface area contributed by atoms with E-state index in [1.165, 1.54) is 0 Å². The van der Waals surface area contributed by atoms with Crippen LogP contribution in [-0.4, -0.2) is 18.9 Å². The van der Waals surface area contributed by atoms with Crippen LogP contribution >= 0.6 is 0 Å². The molecule has 0 amide bonds. The van der Waals surface area contributed by atoms with Crippen molar-refractivity contribution in [1.82, 2.24) is 18.9 Å². The van der Waals surface area contributed by atoms with Gasteiger partial charge in [0, 0.05) is 13.6 Å². The number of para-hydroxylation sites is 2. The molecule has 5 heteroatoms. The molecule has 0 bridgehead atoms. The molecule has 2 heterocycles. The lowest BCUT2D eigenvalue weighted by molar-refractivity contribution is 0.635. The molecule has 0 spiro atoms. The van der Waals surface area contributed by atoms with Gasteiger partial charge in [-0.25, -0.2) is 4.79 Å². The second kappa shape index (κ2) is 5.24. The van der Waals surface area contributed by atoms with Gasteiger partial charge in [-0.2, -0.15) is 5.10 Å². The molecule has 1 aromatic carbocycles. The molecular formula is C16H20N4O. The molecule has 3 rings (SSSR count). The van der Waals surface area contributed by atoms with E-state index in [9.17, 15) is 4.79 Å². The van der Waals surface area contributed by atoms with Crippen LogP contribution in [0.2, 0.25) is 0 Å². The number of imidazole rings is 1. The highest BCUT2D eigenvalue weighted by Crippen LogP contribution is 2.15. The highest BCUT2D eigenvalue weighted by Gasteiger charge is 2.13. The number of rotatable bonds is 4. The molecule has 110 valence electrons. The first-order chi connectivity index (χ1) is 10.2. The molecule has 0 saturated heterocycles. The van der Waals surface area contributed by atoms with Crippen molar-refractivity contribution in [3.8, 4) is 0 Å². The average molecular weight is 284 g/mol. The quantitative estimate of drug-likeness (QED) is 0.737. The van der Waals surface area contributed by atoms with Gasteiger partial charge in [0.15, 0.2) is 0 Å². The Bertz CT molecular complexity index is 838. The summed E-state index contributed by atoms with van der Waals surface area (Å²) in [5, 5.41) is 4.46. The van der Waals surface area contributed by atoms with E-state index in [1.807, 2.05) is 52.1 Å². The maximum absolute atomic E-state index is 12.6. The fourth-order valence-electron chi connectivity index (χ4n) is 2.79. The molecule has 0 aliphatic carbocycles. The maximum atomic E-state index is 12.6. The molecule has 0 saturated carbocycles. The molecule has 0 aliphatic rings. The third kappa shape index (κ3) is 2.18. The van der Waals surface area contributed by atoms with Crippen molar-refractivity contribution in [2.45, 2.75) is 33.4 Å². The largest absolute Gasteiger partial charge is 0.329 e. The van der Waals surface area contributed by atoms with Crippen molar-refractivity contribution >= 4 is 11.0 Å². The van der Waals surface area contributed by atoms with Crippen LogP contribution in [0.4, 0.5) is 0 Å². The Morgan fingerprint density at radius 2 is 1.76 bits per heavy atom. The van der Waals surface area contributed by atoms with Gasteiger partial charge < -0.3 is 0 Å². The highest BCUT2D eigenvalue weighted by atomic mass is 16.1. The Hall–Kier alpha value is -2.30. The van der Waals surface area contributed by atoms with Crippen LogP contribution < -0.4 is 5.69 Å². The van der Waals surface area contributed by atoms with Crippen LogP contribution in [-0.2, 0) is 26.6 Å². The van der Waals surface area contributed by atoms with Gasteiger partial charge in [0.2, 0.25) is 0 Å². The second-order valence-electron chi connectivity index (χ2n) is 5.21. The van der Waals surface area contributed by atoms with Crippen molar-refractivity contribution in [1.29, 1.82) is 0 Å². The Balaban J connectivity index is 2.14. The summed E-state index contributed by atoms with van der Waals surface area (Å²) in [5.41, 5.74) is 4.11. The maximum Gasteiger partial charge on any atom is 0.329 e. The zero-order chi connectivity index (χ0) is 15.0. The predicted molar refractivity (Wildman–Crippen MR) is 83.6 cm³/mol. The molecule has 5 nitrogen and oxygen atoms in total. The van der Waals surface area contributed by atoms with E-state index >= 15 is 0 Å². The molecule has 0 radical (unpaired) electrons. The molecule has 0 aliphatic heterocycles. The first-order valence-corrected chi connectivity index (χ1v) is 7.35. The van der Waals surface area contributed by atoms with Crippen LogP contribution in [0.15, 0.2) is 35.1 Å². The van der Waals surface area contributed by atoms with Crippen molar-refractivity contribution in [3.05, 3.63) is 52.2 Å². The van der Waals surface area contributed by atoms with Crippen LogP contribution in [0.25, 0.3) is 11.0 Å². The summed E-state index contributed by atoms with van der Waals surface area (Å²) in [6, 6.07) is 10.0. The number of hydrogen-bond donors (Lipinski definition) is 0. The molecule has 3 aromatic rings. The van der Waals surface area contributed by atoms with Gasteiger partial charge >= 0.3 is 5.69 Å². The van der Waals surface area contributed by atoms with Gasteiger partial charge in [0.25, 0.3) is 0 Å². The molecule has 0 atom stereocenters. The summed E-state index contributed by atoms with van der Waals surface area (Å²) >= 11 is 0. The molecule has 0 unspecified atom stereocenters. The lowest BCUT2D eigenvalue weighted by Gasteiger charge is -2.03. The Kier molecular flexibility index (Phi) is 3.41. The predicted octanol–water partition coefficient (Wildman–Crippen LogP) is 2.17. The van der Waals surface area contributed by atoms with E-state index in [1.54, 1.807) is 0 Å². The molecular weight excluding hydrogens is 264 g/mol. The van der Waals surface area contributed by atoms with Crippen molar-refractivity contribution in [3.63, 3.8) is 0 Å². The van der Waals surface area contributed by atoms with E-state index in [0.717, 1.165) is 28.8 Å². The Morgan fingerprint density at radius 1 is 1.10 bits per heavy atom. The minimum absolute atomic E-state index is 0.0398. The van der Waals surface area contributed by atoms with E-state index in [2.05, 4.69) is 18.1 Å².